The lowest BCUT2D eigenvalue weighted by molar-refractivity contribution is -0.123. The minimum Gasteiger partial charge on any atom is -0.495 e. The maximum Gasteiger partial charge on any atom is 0.264 e. The fourth-order valence-corrected chi connectivity index (χ4v) is 5.66. The van der Waals surface area contributed by atoms with Crippen LogP contribution in [0.25, 0.3) is 0 Å². The number of aryl methyl sites for hydroxylation is 1. The quantitative estimate of drug-likeness (QED) is 0.167. The van der Waals surface area contributed by atoms with Crippen LogP contribution >= 0.6 is 0 Å². The SMILES string of the molecule is COc1ccccc1N(CC(=O)N/N=C/c1ccc(OCC(=O)NC(C)c2ccccc2)cc1)S(=O)(=O)c1ccc(C)cc1. The first kappa shape index (κ1) is 31.8. The molecule has 0 aliphatic rings. The molecular formula is C33H34N4O6S. The Hall–Kier alpha value is -5.16. The van der Waals surface area contributed by atoms with Gasteiger partial charge < -0.3 is 14.8 Å². The number of para-hydroxylation sites is 2. The topological polar surface area (TPSA) is 126 Å². The van der Waals surface area contributed by atoms with Crippen LogP contribution in [0, 0.1) is 6.92 Å². The molecule has 0 aromatic heterocycles. The number of hydrogen-bond donors (Lipinski definition) is 2. The summed E-state index contributed by atoms with van der Waals surface area (Å²) in [4.78, 5) is 25.2. The first-order valence-corrected chi connectivity index (χ1v) is 15.2. The summed E-state index contributed by atoms with van der Waals surface area (Å²) in [6.07, 6.45) is 1.41. The van der Waals surface area contributed by atoms with Crippen molar-refractivity contribution in [1.29, 1.82) is 0 Å². The van der Waals surface area contributed by atoms with Gasteiger partial charge in [-0.25, -0.2) is 13.8 Å². The molecular weight excluding hydrogens is 580 g/mol. The number of nitrogens with zero attached hydrogens (tertiary/aromatic N) is 2. The number of hydrogen-bond acceptors (Lipinski definition) is 7. The predicted octanol–water partition coefficient (Wildman–Crippen LogP) is 4.61. The Morgan fingerprint density at radius 1 is 0.886 bits per heavy atom. The smallest absolute Gasteiger partial charge is 0.264 e. The molecule has 0 bridgehead atoms. The molecule has 0 radical (unpaired) electrons. The van der Waals surface area contributed by atoms with E-state index >= 15 is 0 Å². The maximum absolute atomic E-state index is 13.6. The van der Waals surface area contributed by atoms with Crippen LogP contribution in [0.2, 0.25) is 0 Å². The lowest BCUT2D eigenvalue weighted by Crippen LogP contribution is -2.39. The van der Waals surface area contributed by atoms with Crippen molar-refractivity contribution in [1.82, 2.24) is 10.7 Å². The van der Waals surface area contributed by atoms with Crippen molar-refractivity contribution in [3.05, 3.63) is 120 Å². The Labute approximate surface area is 257 Å². The van der Waals surface area contributed by atoms with Gasteiger partial charge in [-0.1, -0.05) is 60.2 Å². The Morgan fingerprint density at radius 2 is 1.55 bits per heavy atom. The minimum absolute atomic E-state index is 0.0378. The second-order valence-corrected chi connectivity index (χ2v) is 11.7. The highest BCUT2D eigenvalue weighted by molar-refractivity contribution is 7.92. The second kappa shape index (κ2) is 14.8. The number of ether oxygens (including phenoxy) is 2. The number of hydrazone groups is 1. The van der Waals surface area contributed by atoms with E-state index in [9.17, 15) is 18.0 Å². The zero-order valence-electron chi connectivity index (χ0n) is 24.6. The number of sulfonamides is 1. The molecule has 0 aliphatic carbocycles. The van der Waals surface area contributed by atoms with Crippen LogP contribution in [0.4, 0.5) is 5.69 Å². The highest BCUT2D eigenvalue weighted by atomic mass is 32.2. The largest absolute Gasteiger partial charge is 0.495 e. The molecule has 1 unspecified atom stereocenters. The van der Waals surface area contributed by atoms with Gasteiger partial charge in [0, 0.05) is 0 Å². The molecule has 0 heterocycles. The number of rotatable bonds is 13. The van der Waals surface area contributed by atoms with E-state index < -0.39 is 22.5 Å². The fourth-order valence-electron chi connectivity index (χ4n) is 4.22. The highest BCUT2D eigenvalue weighted by Crippen LogP contribution is 2.32. The van der Waals surface area contributed by atoms with Gasteiger partial charge in [0.25, 0.3) is 21.8 Å². The summed E-state index contributed by atoms with van der Waals surface area (Å²) in [5, 5.41) is 6.87. The highest BCUT2D eigenvalue weighted by Gasteiger charge is 2.29. The van der Waals surface area contributed by atoms with Gasteiger partial charge in [-0.2, -0.15) is 5.10 Å². The van der Waals surface area contributed by atoms with E-state index in [0.717, 1.165) is 15.4 Å². The third-order valence-electron chi connectivity index (χ3n) is 6.58. The van der Waals surface area contributed by atoms with Crippen LogP contribution < -0.4 is 24.5 Å². The van der Waals surface area contributed by atoms with Gasteiger partial charge in [-0.15, -0.1) is 0 Å². The van der Waals surface area contributed by atoms with E-state index in [1.165, 1.54) is 25.5 Å². The Kier molecular flexibility index (Phi) is 10.7. The van der Waals surface area contributed by atoms with Crippen LogP contribution in [0.1, 0.15) is 29.7 Å². The van der Waals surface area contributed by atoms with Crippen molar-refractivity contribution >= 4 is 33.7 Å². The van der Waals surface area contributed by atoms with Crippen molar-refractivity contribution in [3.63, 3.8) is 0 Å². The molecule has 4 rings (SSSR count). The first-order chi connectivity index (χ1) is 21.2. The Morgan fingerprint density at radius 3 is 2.23 bits per heavy atom. The van der Waals surface area contributed by atoms with Crippen LogP contribution in [0.5, 0.6) is 11.5 Å². The molecule has 0 fully saturated rings. The summed E-state index contributed by atoms with van der Waals surface area (Å²) in [7, 11) is -2.69. The summed E-state index contributed by atoms with van der Waals surface area (Å²) < 4.78 is 39.2. The molecule has 10 nitrogen and oxygen atoms in total. The summed E-state index contributed by atoms with van der Waals surface area (Å²) >= 11 is 0. The summed E-state index contributed by atoms with van der Waals surface area (Å²) in [6.45, 7) is 3.08. The molecule has 4 aromatic rings. The molecule has 4 aromatic carbocycles. The van der Waals surface area contributed by atoms with E-state index in [4.69, 9.17) is 9.47 Å². The lowest BCUT2D eigenvalue weighted by atomic mass is 10.1. The first-order valence-electron chi connectivity index (χ1n) is 13.8. The van der Waals surface area contributed by atoms with Gasteiger partial charge in [-0.05, 0) is 73.5 Å². The number of amides is 2. The third kappa shape index (κ3) is 8.45. The molecule has 11 heteroatoms. The molecule has 228 valence electrons. The molecule has 2 N–H and O–H groups in total. The lowest BCUT2D eigenvalue weighted by Gasteiger charge is -2.25. The maximum atomic E-state index is 13.6. The average Bonchev–Trinajstić information content (AvgIpc) is 3.03. The third-order valence-corrected chi connectivity index (χ3v) is 8.35. The van der Waals surface area contributed by atoms with Gasteiger partial charge >= 0.3 is 0 Å². The van der Waals surface area contributed by atoms with Gasteiger partial charge in [0.1, 0.15) is 18.0 Å². The molecule has 0 aliphatic heterocycles. The number of anilines is 1. The van der Waals surface area contributed by atoms with Gasteiger partial charge in [0.05, 0.1) is 29.9 Å². The number of nitrogens with one attached hydrogen (secondary N) is 2. The molecule has 0 saturated heterocycles. The molecule has 1 atom stereocenters. The van der Waals surface area contributed by atoms with Crippen molar-refractivity contribution in [2.24, 2.45) is 5.10 Å². The second-order valence-electron chi connectivity index (χ2n) is 9.85. The molecule has 0 spiro atoms. The molecule has 2 amide bonds. The van der Waals surface area contributed by atoms with E-state index in [1.54, 1.807) is 60.7 Å². The van der Waals surface area contributed by atoms with Crippen LogP contribution in [-0.4, -0.2) is 46.7 Å². The summed E-state index contributed by atoms with van der Waals surface area (Å²) in [5.41, 5.74) is 5.15. The normalized spacial score (nSPS) is 11.9. The van der Waals surface area contributed by atoms with E-state index in [0.29, 0.717) is 17.1 Å². The monoisotopic (exact) mass is 614 g/mol. The zero-order valence-corrected chi connectivity index (χ0v) is 25.5. The van der Waals surface area contributed by atoms with Gasteiger partial charge in [-0.3, -0.25) is 13.9 Å². The van der Waals surface area contributed by atoms with Gasteiger partial charge in [0.15, 0.2) is 6.61 Å². The summed E-state index contributed by atoms with van der Waals surface area (Å²) in [6, 6.07) is 29.2. The van der Waals surface area contributed by atoms with Crippen molar-refractivity contribution in [2.75, 3.05) is 24.6 Å². The average molecular weight is 615 g/mol. The standard InChI is InChI=1S/C33H34N4O6S/c1-24-13-19-29(20-14-24)44(40,41)37(30-11-7-8-12-31(30)42-3)22-32(38)36-34-21-26-15-17-28(18-16-26)43-23-33(39)35-25(2)27-9-5-4-6-10-27/h4-21,25H,22-23H2,1-3H3,(H,35,39)(H,36,38)/b34-21+. The zero-order chi connectivity index (χ0) is 31.5. The minimum atomic E-state index is -4.12. The van der Waals surface area contributed by atoms with Crippen molar-refractivity contribution in [3.8, 4) is 11.5 Å². The Bertz CT molecular complexity index is 1690. The van der Waals surface area contributed by atoms with Crippen LogP contribution in [0.15, 0.2) is 113 Å². The van der Waals surface area contributed by atoms with Crippen LogP contribution in [-0.2, 0) is 19.6 Å². The number of methoxy groups -OCH3 is 1. The van der Waals surface area contributed by atoms with Gasteiger partial charge in [0.2, 0.25) is 0 Å². The number of carbonyl (C=O) groups is 2. The molecule has 0 saturated carbocycles. The summed E-state index contributed by atoms with van der Waals surface area (Å²) in [5.74, 6) is -0.118. The fraction of sp³-hybridized carbons (Fsp3) is 0.182. The number of carbonyl (C=O) groups excluding carboxylic acids is 2. The Balaban J connectivity index is 1.35. The van der Waals surface area contributed by atoms with Crippen molar-refractivity contribution < 1.29 is 27.5 Å². The van der Waals surface area contributed by atoms with Crippen LogP contribution in [0.3, 0.4) is 0 Å². The van der Waals surface area contributed by atoms with Crippen molar-refractivity contribution in [2.45, 2.75) is 24.8 Å². The number of benzene rings is 4. The van der Waals surface area contributed by atoms with E-state index in [1.807, 2.05) is 44.2 Å². The van der Waals surface area contributed by atoms with E-state index in [2.05, 4.69) is 15.8 Å². The predicted molar refractivity (Wildman–Crippen MR) is 169 cm³/mol. The van der Waals surface area contributed by atoms with E-state index in [-0.39, 0.29) is 29.1 Å². The molecule has 44 heavy (non-hydrogen) atoms.